The molecule has 0 spiro atoms. The molecule has 5 nitrogen and oxygen atoms in total. The molecule has 1 fully saturated rings. The van der Waals surface area contributed by atoms with Crippen LogP contribution in [-0.4, -0.2) is 18.6 Å². The number of anilines is 1. The molecule has 1 aliphatic rings. The van der Waals surface area contributed by atoms with Gasteiger partial charge >= 0.3 is 6.09 Å². The molecule has 5 heteroatoms. The van der Waals surface area contributed by atoms with Crippen LogP contribution >= 0.6 is 0 Å². The second-order valence-electron chi connectivity index (χ2n) is 4.53. The van der Waals surface area contributed by atoms with E-state index in [2.05, 4.69) is 10.6 Å². The lowest BCUT2D eigenvalue weighted by Crippen LogP contribution is -2.23. The van der Waals surface area contributed by atoms with Gasteiger partial charge in [0.05, 0.1) is 6.61 Å². The Morgan fingerprint density at radius 1 is 1.26 bits per heavy atom. The summed E-state index contributed by atoms with van der Waals surface area (Å²) < 4.78 is 4.77. The Labute approximate surface area is 112 Å². The Hall–Kier alpha value is -2.04. The first kappa shape index (κ1) is 13.4. The maximum atomic E-state index is 11.6. The minimum absolute atomic E-state index is 0.0948. The van der Waals surface area contributed by atoms with E-state index in [1.165, 1.54) is 0 Å². The SMILES string of the molecule is CCOC(=O)NCc1ccc(NC(=O)C2CC2)cc1. The van der Waals surface area contributed by atoms with E-state index in [9.17, 15) is 9.59 Å². The van der Waals surface area contributed by atoms with E-state index < -0.39 is 6.09 Å². The number of hydrogen-bond donors (Lipinski definition) is 2. The van der Waals surface area contributed by atoms with Gasteiger partial charge < -0.3 is 15.4 Å². The highest BCUT2D eigenvalue weighted by Gasteiger charge is 2.29. The van der Waals surface area contributed by atoms with Gasteiger partial charge in [-0.25, -0.2) is 4.79 Å². The fourth-order valence-corrected chi connectivity index (χ4v) is 1.65. The highest BCUT2D eigenvalue weighted by Crippen LogP contribution is 2.30. The van der Waals surface area contributed by atoms with Gasteiger partial charge in [-0.1, -0.05) is 12.1 Å². The summed E-state index contributed by atoms with van der Waals surface area (Å²) in [5.41, 5.74) is 1.74. The van der Waals surface area contributed by atoms with Crippen molar-refractivity contribution >= 4 is 17.7 Å². The molecule has 0 bridgehead atoms. The second kappa shape index (κ2) is 6.22. The van der Waals surface area contributed by atoms with Crippen molar-refractivity contribution in [1.29, 1.82) is 0 Å². The fourth-order valence-electron chi connectivity index (χ4n) is 1.65. The molecule has 102 valence electrons. The number of ether oxygens (including phenoxy) is 1. The van der Waals surface area contributed by atoms with Crippen LogP contribution in [0, 0.1) is 5.92 Å². The van der Waals surface area contributed by atoms with Crippen molar-refractivity contribution in [1.82, 2.24) is 5.32 Å². The highest BCUT2D eigenvalue weighted by molar-refractivity contribution is 5.94. The Morgan fingerprint density at radius 2 is 1.95 bits per heavy atom. The molecule has 0 radical (unpaired) electrons. The minimum Gasteiger partial charge on any atom is -0.450 e. The fraction of sp³-hybridized carbons (Fsp3) is 0.429. The number of carbonyl (C=O) groups is 2. The topological polar surface area (TPSA) is 67.4 Å². The number of benzene rings is 1. The van der Waals surface area contributed by atoms with Crippen molar-refractivity contribution in [2.45, 2.75) is 26.3 Å². The van der Waals surface area contributed by atoms with E-state index in [0.717, 1.165) is 24.1 Å². The molecule has 2 rings (SSSR count). The number of amides is 2. The Kier molecular flexibility index (Phi) is 4.39. The molecular formula is C14H18N2O3. The number of hydrogen-bond acceptors (Lipinski definition) is 3. The van der Waals surface area contributed by atoms with Gasteiger partial charge in [-0.05, 0) is 37.5 Å². The summed E-state index contributed by atoms with van der Waals surface area (Å²) in [6.45, 7) is 2.53. The van der Waals surface area contributed by atoms with Gasteiger partial charge in [0.1, 0.15) is 0 Å². The van der Waals surface area contributed by atoms with E-state index in [-0.39, 0.29) is 11.8 Å². The third kappa shape index (κ3) is 4.28. The van der Waals surface area contributed by atoms with Crippen LogP contribution in [0.25, 0.3) is 0 Å². The van der Waals surface area contributed by atoms with Crippen LogP contribution in [0.3, 0.4) is 0 Å². The van der Waals surface area contributed by atoms with Crippen molar-refractivity contribution in [2.24, 2.45) is 5.92 Å². The third-order valence-electron chi connectivity index (χ3n) is 2.88. The van der Waals surface area contributed by atoms with Crippen molar-refractivity contribution in [2.75, 3.05) is 11.9 Å². The van der Waals surface area contributed by atoms with Gasteiger partial charge in [-0.15, -0.1) is 0 Å². The first-order chi connectivity index (χ1) is 9.19. The summed E-state index contributed by atoms with van der Waals surface area (Å²) in [4.78, 5) is 22.7. The molecule has 0 saturated heterocycles. The molecule has 19 heavy (non-hydrogen) atoms. The molecule has 0 unspecified atom stereocenters. The summed E-state index contributed by atoms with van der Waals surface area (Å²) in [7, 11) is 0. The standard InChI is InChI=1S/C14H18N2O3/c1-2-19-14(18)15-9-10-3-7-12(8-4-10)16-13(17)11-5-6-11/h3-4,7-8,11H,2,5-6,9H2,1H3,(H,15,18)(H,16,17). The monoisotopic (exact) mass is 262 g/mol. The van der Waals surface area contributed by atoms with Gasteiger partial charge in [0, 0.05) is 18.2 Å². The molecule has 2 amide bonds. The van der Waals surface area contributed by atoms with Gasteiger partial charge in [0.15, 0.2) is 0 Å². The largest absolute Gasteiger partial charge is 0.450 e. The maximum absolute atomic E-state index is 11.6. The molecule has 1 saturated carbocycles. The lowest BCUT2D eigenvalue weighted by molar-refractivity contribution is -0.117. The van der Waals surface area contributed by atoms with E-state index in [0.29, 0.717) is 13.2 Å². The van der Waals surface area contributed by atoms with Crippen LogP contribution in [0.4, 0.5) is 10.5 Å². The van der Waals surface area contributed by atoms with Gasteiger partial charge in [0.25, 0.3) is 0 Å². The first-order valence-electron chi connectivity index (χ1n) is 6.49. The van der Waals surface area contributed by atoms with Crippen molar-refractivity contribution in [3.8, 4) is 0 Å². The van der Waals surface area contributed by atoms with Crippen LogP contribution < -0.4 is 10.6 Å². The predicted molar refractivity (Wildman–Crippen MR) is 71.7 cm³/mol. The lowest BCUT2D eigenvalue weighted by Gasteiger charge is -2.07. The van der Waals surface area contributed by atoms with E-state index in [1.54, 1.807) is 6.92 Å². The van der Waals surface area contributed by atoms with Crippen molar-refractivity contribution in [3.63, 3.8) is 0 Å². The summed E-state index contributed by atoms with van der Waals surface area (Å²) in [6, 6.07) is 7.41. The van der Waals surface area contributed by atoms with Crippen LogP contribution in [0.5, 0.6) is 0 Å². The summed E-state index contributed by atoms with van der Waals surface area (Å²) in [5.74, 6) is 0.294. The van der Waals surface area contributed by atoms with Crippen LogP contribution in [0.15, 0.2) is 24.3 Å². The normalized spacial score (nSPS) is 13.7. The minimum atomic E-state index is -0.423. The highest BCUT2D eigenvalue weighted by atomic mass is 16.5. The maximum Gasteiger partial charge on any atom is 0.407 e. The number of carbonyl (C=O) groups excluding carboxylic acids is 2. The van der Waals surface area contributed by atoms with Crippen molar-refractivity contribution in [3.05, 3.63) is 29.8 Å². The summed E-state index contributed by atoms with van der Waals surface area (Å²) in [5, 5.41) is 5.51. The molecule has 1 aliphatic carbocycles. The number of alkyl carbamates (subject to hydrolysis) is 1. The van der Waals surface area contributed by atoms with E-state index >= 15 is 0 Å². The third-order valence-corrected chi connectivity index (χ3v) is 2.88. The average molecular weight is 262 g/mol. The zero-order chi connectivity index (χ0) is 13.7. The first-order valence-corrected chi connectivity index (χ1v) is 6.49. The number of rotatable bonds is 5. The second-order valence-corrected chi connectivity index (χ2v) is 4.53. The molecule has 2 N–H and O–H groups in total. The Morgan fingerprint density at radius 3 is 2.53 bits per heavy atom. The van der Waals surface area contributed by atoms with Crippen LogP contribution in [0.2, 0.25) is 0 Å². The van der Waals surface area contributed by atoms with Gasteiger partial charge in [-0.2, -0.15) is 0 Å². The zero-order valence-electron chi connectivity index (χ0n) is 10.9. The molecule has 1 aromatic carbocycles. The molecule has 0 aliphatic heterocycles. The Bertz CT molecular complexity index is 452. The quantitative estimate of drug-likeness (QED) is 0.855. The molecule has 0 aromatic heterocycles. The van der Waals surface area contributed by atoms with Crippen LogP contribution in [0.1, 0.15) is 25.3 Å². The summed E-state index contributed by atoms with van der Waals surface area (Å²) in [6.07, 6.45) is 1.56. The number of nitrogens with one attached hydrogen (secondary N) is 2. The molecule has 1 aromatic rings. The predicted octanol–water partition coefficient (Wildman–Crippen LogP) is 2.28. The Balaban J connectivity index is 1.80. The van der Waals surface area contributed by atoms with Crippen LogP contribution in [-0.2, 0) is 16.1 Å². The van der Waals surface area contributed by atoms with Crippen molar-refractivity contribution < 1.29 is 14.3 Å². The van der Waals surface area contributed by atoms with Gasteiger partial charge in [0.2, 0.25) is 5.91 Å². The molecule has 0 heterocycles. The summed E-state index contributed by atoms with van der Waals surface area (Å²) >= 11 is 0. The lowest BCUT2D eigenvalue weighted by atomic mass is 10.2. The van der Waals surface area contributed by atoms with E-state index in [1.807, 2.05) is 24.3 Å². The molecular weight excluding hydrogens is 244 g/mol. The zero-order valence-corrected chi connectivity index (χ0v) is 10.9. The average Bonchev–Trinajstić information content (AvgIpc) is 3.22. The molecule has 0 atom stereocenters. The smallest absolute Gasteiger partial charge is 0.407 e. The van der Waals surface area contributed by atoms with Gasteiger partial charge in [-0.3, -0.25) is 4.79 Å². The van der Waals surface area contributed by atoms with E-state index in [4.69, 9.17) is 4.74 Å².